The quantitative estimate of drug-likeness (QED) is 0.880. The highest BCUT2D eigenvalue weighted by molar-refractivity contribution is 6.30. The summed E-state index contributed by atoms with van der Waals surface area (Å²) in [5, 5.41) is 0.673. The highest BCUT2D eigenvalue weighted by atomic mass is 35.5. The van der Waals surface area contributed by atoms with E-state index < -0.39 is 0 Å². The summed E-state index contributed by atoms with van der Waals surface area (Å²) in [7, 11) is 1.64. The van der Waals surface area contributed by atoms with Crippen LogP contribution >= 0.6 is 11.6 Å². The molecule has 0 amide bonds. The van der Waals surface area contributed by atoms with E-state index in [2.05, 4.69) is 0 Å². The smallest absolute Gasteiger partial charge is 0.123 e. The van der Waals surface area contributed by atoms with Crippen LogP contribution in [-0.2, 0) is 12.8 Å². The maximum Gasteiger partial charge on any atom is 0.123 e. The van der Waals surface area contributed by atoms with Crippen LogP contribution < -0.4 is 10.5 Å². The Hall–Kier alpha value is -1.58. The number of ether oxygens (including phenoxy) is 1. The standard InChI is InChI=1S/C17H19ClFNO/c1-21-17-6-5-15(18)10-14(17)8-13(11-20)7-12-3-2-4-16(19)9-12/h2-6,9-10,13H,7-8,11,20H2,1H3. The van der Waals surface area contributed by atoms with Gasteiger partial charge in [-0.2, -0.15) is 0 Å². The molecule has 0 radical (unpaired) electrons. The van der Waals surface area contributed by atoms with E-state index in [-0.39, 0.29) is 11.7 Å². The molecule has 0 spiro atoms. The molecule has 4 heteroatoms. The average Bonchev–Trinajstić information content (AvgIpc) is 2.47. The summed E-state index contributed by atoms with van der Waals surface area (Å²) in [4.78, 5) is 0. The van der Waals surface area contributed by atoms with Crippen LogP contribution in [0.5, 0.6) is 5.75 Å². The number of hydrogen-bond donors (Lipinski definition) is 1. The summed E-state index contributed by atoms with van der Waals surface area (Å²) in [6.07, 6.45) is 1.47. The summed E-state index contributed by atoms with van der Waals surface area (Å²) in [5.41, 5.74) is 7.84. The molecular formula is C17H19ClFNO. The Morgan fingerprint density at radius 1 is 1.19 bits per heavy atom. The van der Waals surface area contributed by atoms with Crippen molar-refractivity contribution in [2.75, 3.05) is 13.7 Å². The first kappa shape index (κ1) is 15.8. The Balaban J connectivity index is 2.14. The zero-order chi connectivity index (χ0) is 15.2. The normalized spacial score (nSPS) is 12.2. The molecule has 0 bridgehead atoms. The molecule has 1 unspecified atom stereocenters. The van der Waals surface area contributed by atoms with Crippen LogP contribution in [0.15, 0.2) is 42.5 Å². The van der Waals surface area contributed by atoms with Gasteiger partial charge >= 0.3 is 0 Å². The van der Waals surface area contributed by atoms with Gasteiger partial charge < -0.3 is 10.5 Å². The van der Waals surface area contributed by atoms with E-state index in [0.29, 0.717) is 11.6 Å². The minimum atomic E-state index is -0.219. The molecule has 2 aromatic rings. The molecule has 0 aliphatic carbocycles. The van der Waals surface area contributed by atoms with Crippen molar-refractivity contribution >= 4 is 11.6 Å². The van der Waals surface area contributed by atoms with Crippen molar-refractivity contribution in [2.24, 2.45) is 11.7 Å². The molecule has 1 atom stereocenters. The van der Waals surface area contributed by atoms with Crippen molar-refractivity contribution in [3.05, 3.63) is 64.4 Å². The highest BCUT2D eigenvalue weighted by Gasteiger charge is 2.13. The van der Waals surface area contributed by atoms with E-state index in [1.807, 2.05) is 18.2 Å². The van der Waals surface area contributed by atoms with Gasteiger partial charge in [-0.15, -0.1) is 0 Å². The van der Waals surface area contributed by atoms with E-state index >= 15 is 0 Å². The maximum absolute atomic E-state index is 13.3. The first-order valence-corrected chi connectivity index (χ1v) is 7.27. The van der Waals surface area contributed by atoms with Gasteiger partial charge in [-0.1, -0.05) is 23.7 Å². The molecule has 0 aromatic heterocycles. The lowest BCUT2D eigenvalue weighted by molar-refractivity contribution is 0.404. The van der Waals surface area contributed by atoms with Crippen molar-refractivity contribution < 1.29 is 9.13 Å². The summed E-state index contributed by atoms with van der Waals surface area (Å²) in [5.74, 6) is 0.792. The van der Waals surface area contributed by atoms with E-state index in [1.165, 1.54) is 6.07 Å². The summed E-state index contributed by atoms with van der Waals surface area (Å²) in [6.45, 7) is 0.520. The zero-order valence-electron chi connectivity index (χ0n) is 12.0. The van der Waals surface area contributed by atoms with Gasteiger partial charge in [0.25, 0.3) is 0 Å². The summed E-state index contributed by atoms with van der Waals surface area (Å²) >= 11 is 6.05. The number of benzene rings is 2. The fraction of sp³-hybridized carbons (Fsp3) is 0.294. The molecule has 2 nitrogen and oxygen atoms in total. The lowest BCUT2D eigenvalue weighted by Gasteiger charge is -2.17. The van der Waals surface area contributed by atoms with Crippen molar-refractivity contribution in [2.45, 2.75) is 12.8 Å². The molecule has 0 aliphatic rings. The Bertz CT molecular complexity index is 603. The number of halogens is 2. The van der Waals surface area contributed by atoms with Crippen molar-refractivity contribution in [1.29, 1.82) is 0 Å². The third-order valence-corrected chi connectivity index (χ3v) is 3.73. The van der Waals surface area contributed by atoms with Gasteiger partial charge in [0.05, 0.1) is 7.11 Å². The lowest BCUT2D eigenvalue weighted by Crippen LogP contribution is -2.19. The second-order valence-electron chi connectivity index (χ2n) is 5.10. The van der Waals surface area contributed by atoms with Crippen LogP contribution in [-0.4, -0.2) is 13.7 Å². The van der Waals surface area contributed by atoms with Gasteiger partial charge in [-0.05, 0) is 66.8 Å². The van der Waals surface area contributed by atoms with E-state index in [9.17, 15) is 4.39 Å². The molecule has 2 aromatic carbocycles. The van der Waals surface area contributed by atoms with Gasteiger partial charge in [0.2, 0.25) is 0 Å². The molecule has 2 rings (SSSR count). The zero-order valence-corrected chi connectivity index (χ0v) is 12.7. The molecule has 2 N–H and O–H groups in total. The average molecular weight is 308 g/mol. The van der Waals surface area contributed by atoms with E-state index in [1.54, 1.807) is 25.3 Å². The monoisotopic (exact) mass is 307 g/mol. The second kappa shape index (κ2) is 7.43. The first-order valence-electron chi connectivity index (χ1n) is 6.89. The summed E-state index contributed by atoms with van der Waals surface area (Å²) < 4.78 is 18.6. The van der Waals surface area contributed by atoms with Crippen LogP contribution in [0.2, 0.25) is 5.02 Å². The third kappa shape index (κ3) is 4.45. The predicted octanol–water partition coefficient (Wildman–Crippen LogP) is 3.85. The SMILES string of the molecule is COc1ccc(Cl)cc1CC(CN)Cc1cccc(F)c1. The van der Waals surface area contributed by atoms with Crippen LogP contribution in [0.4, 0.5) is 4.39 Å². The van der Waals surface area contributed by atoms with Crippen molar-refractivity contribution in [3.63, 3.8) is 0 Å². The largest absolute Gasteiger partial charge is 0.496 e. The van der Waals surface area contributed by atoms with Crippen LogP contribution in [0.25, 0.3) is 0 Å². The Labute approximate surface area is 129 Å². The van der Waals surface area contributed by atoms with Crippen LogP contribution in [0.3, 0.4) is 0 Å². The topological polar surface area (TPSA) is 35.2 Å². The minimum Gasteiger partial charge on any atom is -0.496 e. The molecule has 0 saturated carbocycles. The van der Waals surface area contributed by atoms with Gasteiger partial charge in [0, 0.05) is 5.02 Å². The Kier molecular flexibility index (Phi) is 5.59. The minimum absolute atomic E-state index is 0.208. The predicted molar refractivity (Wildman–Crippen MR) is 84.4 cm³/mol. The first-order chi connectivity index (χ1) is 10.1. The third-order valence-electron chi connectivity index (χ3n) is 3.50. The number of nitrogens with two attached hydrogens (primary N) is 1. The number of rotatable bonds is 6. The van der Waals surface area contributed by atoms with Gasteiger partial charge in [-0.3, -0.25) is 0 Å². The van der Waals surface area contributed by atoms with E-state index in [4.69, 9.17) is 22.1 Å². The summed E-state index contributed by atoms with van der Waals surface area (Å²) in [6, 6.07) is 12.2. The van der Waals surface area contributed by atoms with E-state index in [0.717, 1.165) is 29.7 Å². The van der Waals surface area contributed by atoms with Gasteiger partial charge in [0.15, 0.2) is 0 Å². The number of methoxy groups -OCH3 is 1. The molecule has 0 heterocycles. The lowest BCUT2D eigenvalue weighted by atomic mass is 9.92. The van der Waals surface area contributed by atoms with Gasteiger partial charge in [-0.25, -0.2) is 4.39 Å². The van der Waals surface area contributed by atoms with Crippen molar-refractivity contribution in [1.82, 2.24) is 0 Å². The molecule has 112 valence electrons. The van der Waals surface area contributed by atoms with Crippen molar-refractivity contribution in [3.8, 4) is 5.75 Å². The molecule has 0 saturated heterocycles. The number of hydrogen-bond acceptors (Lipinski definition) is 2. The highest BCUT2D eigenvalue weighted by Crippen LogP contribution is 2.26. The molecule has 0 fully saturated rings. The maximum atomic E-state index is 13.3. The fourth-order valence-electron chi connectivity index (χ4n) is 2.45. The van der Waals surface area contributed by atoms with Crippen LogP contribution in [0, 0.1) is 11.7 Å². The molecule has 0 aliphatic heterocycles. The fourth-order valence-corrected chi connectivity index (χ4v) is 2.65. The Morgan fingerprint density at radius 2 is 2.00 bits per heavy atom. The Morgan fingerprint density at radius 3 is 2.67 bits per heavy atom. The molecule has 21 heavy (non-hydrogen) atoms. The van der Waals surface area contributed by atoms with Gasteiger partial charge in [0.1, 0.15) is 11.6 Å². The second-order valence-corrected chi connectivity index (χ2v) is 5.53. The van der Waals surface area contributed by atoms with Crippen LogP contribution in [0.1, 0.15) is 11.1 Å². The molecular weight excluding hydrogens is 289 g/mol.